The summed E-state index contributed by atoms with van der Waals surface area (Å²) in [5.74, 6) is -0.0344. The number of nitrogens with zero attached hydrogens (tertiary/aromatic N) is 3. The second-order valence-corrected chi connectivity index (χ2v) is 8.58. The predicted molar refractivity (Wildman–Crippen MR) is 112 cm³/mol. The second kappa shape index (κ2) is 16.0. The Morgan fingerprint density at radius 2 is 1.35 bits per heavy atom. The van der Waals surface area contributed by atoms with E-state index in [0.29, 0.717) is 9.52 Å². The summed E-state index contributed by atoms with van der Waals surface area (Å²) < 4.78 is 10.6. The van der Waals surface area contributed by atoms with Crippen LogP contribution in [-0.4, -0.2) is 103 Å². The van der Waals surface area contributed by atoms with Crippen molar-refractivity contribution in [3.8, 4) is 0 Å². The van der Waals surface area contributed by atoms with Gasteiger partial charge in [0.25, 0.3) is 0 Å². The first kappa shape index (κ1) is 24.1. The zero-order chi connectivity index (χ0) is 19.0. The molecule has 1 rings (SSSR count). The molecule has 6 heteroatoms. The molecule has 1 aliphatic heterocycles. The molecular formula is C20H43N3O2Si. The first-order valence-corrected chi connectivity index (χ1v) is 12.0. The highest BCUT2D eigenvalue weighted by atomic mass is 28.2. The molecule has 0 amide bonds. The van der Waals surface area contributed by atoms with Crippen LogP contribution in [0.2, 0.25) is 0 Å². The fourth-order valence-electron chi connectivity index (χ4n) is 3.43. The van der Waals surface area contributed by atoms with Gasteiger partial charge in [-0.3, -0.25) is 4.90 Å². The van der Waals surface area contributed by atoms with E-state index in [-0.39, 0.29) is 5.91 Å². The standard InChI is InChI=1S/C20H43N3O2Si/c1-5-7-9-11-21(12-10-8-6-2)13-14-22-15-17-23(18-16-22)19-26-20(24-3)25-4/h20H,5-19H2,1-4H3. The minimum absolute atomic E-state index is 0.0344. The van der Waals surface area contributed by atoms with E-state index in [2.05, 4.69) is 28.5 Å². The summed E-state index contributed by atoms with van der Waals surface area (Å²) in [4.78, 5) is 7.91. The van der Waals surface area contributed by atoms with Gasteiger partial charge in [-0.25, -0.2) is 0 Å². The van der Waals surface area contributed by atoms with Gasteiger partial charge < -0.3 is 19.3 Å². The van der Waals surface area contributed by atoms with Crippen LogP contribution in [0.1, 0.15) is 52.4 Å². The Bertz CT molecular complexity index is 301. The summed E-state index contributed by atoms with van der Waals surface area (Å²) in [6, 6.07) is 0. The van der Waals surface area contributed by atoms with Crippen molar-refractivity contribution in [1.82, 2.24) is 14.7 Å². The maximum absolute atomic E-state index is 5.30. The highest BCUT2D eigenvalue weighted by molar-refractivity contribution is 6.36. The number of hydrogen-bond acceptors (Lipinski definition) is 5. The predicted octanol–water partition coefficient (Wildman–Crippen LogP) is 2.52. The van der Waals surface area contributed by atoms with Crippen molar-refractivity contribution in [2.24, 2.45) is 0 Å². The summed E-state index contributed by atoms with van der Waals surface area (Å²) in [6.07, 6.45) is 9.19. The zero-order valence-electron chi connectivity index (χ0n) is 17.8. The maximum atomic E-state index is 5.30. The molecule has 0 unspecified atom stereocenters. The number of methoxy groups -OCH3 is 2. The molecule has 0 N–H and O–H groups in total. The van der Waals surface area contributed by atoms with Crippen molar-refractivity contribution >= 4 is 9.52 Å². The van der Waals surface area contributed by atoms with Crippen molar-refractivity contribution in [1.29, 1.82) is 0 Å². The van der Waals surface area contributed by atoms with Gasteiger partial charge in [0.1, 0.15) is 15.4 Å². The van der Waals surface area contributed by atoms with Gasteiger partial charge in [-0.1, -0.05) is 39.5 Å². The molecule has 154 valence electrons. The fourth-order valence-corrected chi connectivity index (χ4v) is 4.48. The van der Waals surface area contributed by atoms with Gasteiger partial charge in [-0.2, -0.15) is 0 Å². The van der Waals surface area contributed by atoms with Crippen LogP contribution in [0.3, 0.4) is 0 Å². The third-order valence-corrected chi connectivity index (χ3v) is 6.70. The normalized spacial score (nSPS) is 16.8. The van der Waals surface area contributed by atoms with E-state index >= 15 is 0 Å². The van der Waals surface area contributed by atoms with Crippen LogP contribution in [0.5, 0.6) is 0 Å². The molecule has 0 aromatic rings. The van der Waals surface area contributed by atoms with Crippen LogP contribution in [0, 0.1) is 0 Å². The third kappa shape index (κ3) is 11.0. The van der Waals surface area contributed by atoms with E-state index in [1.165, 1.54) is 90.9 Å². The number of unbranched alkanes of at least 4 members (excludes halogenated alkanes) is 4. The molecule has 1 aliphatic rings. The van der Waals surface area contributed by atoms with Crippen molar-refractivity contribution in [3.05, 3.63) is 0 Å². The number of ether oxygens (including phenoxy) is 2. The van der Waals surface area contributed by atoms with Gasteiger partial charge >= 0.3 is 0 Å². The minimum atomic E-state index is -0.0344. The molecule has 0 aliphatic carbocycles. The molecule has 0 spiro atoms. The zero-order valence-corrected chi connectivity index (χ0v) is 18.8. The summed E-state index contributed by atoms with van der Waals surface area (Å²) >= 11 is 0. The Hall–Kier alpha value is 0.0169. The lowest BCUT2D eigenvalue weighted by molar-refractivity contribution is -0.0451. The van der Waals surface area contributed by atoms with E-state index in [0.717, 1.165) is 6.17 Å². The highest BCUT2D eigenvalue weighted by Gasteiger charge is 2.19. The topological polar surface area (TPSA) is 28.2 Å². The average Bonchev–Trinajstić information content (AvgIpc) is 2.67. The molecule has 2 radical (unpaired) electrons. The molecule has 0 aromatic carbocycles. The van der Waals surface area contributed by atoms with Gasteiger partial charge in [0.2, 0.25) is 0 Å². The smallest absolute Gasteiger partial charge is 0.137 e. The summed E-state index contributed by atoms with van der Waals surface area (Å²) in [6.45, 7) is 14.4. The summed E-state index contributed by atoms with van der Waals surface area (Å²) in [5.41, 5.74) is 0. The lowest BCUT2D eigenvalue weighted by atomic mass is 10.2. The first-order chi connectivity index (χ1) is 12.7. The largest absolute Gasteiger partial charge is 0.360 e. The van der Waals surface area contributed by atoms with Gasteiger partial charge in [-0.05, 0) is 32.1 Å². The SMILES string of the molecule is CCCCCN(CCCCC)CCN1CCN(C[Si]C(OC)OC)CC1. The Balaban J connectivity index is 2.21. The summed E-state index contributed by atoms with van der Waals surface area (Å²) in [5, 5.41) is 0. The highest BCUT2D eigenvalue weighted by Crippen LogP contribution is 2.06. The van der Waals surface area contributed by atoms with Crippen LogP contribution in [0.4, 0.5) is 0 Å². The lowest BCUT2D eigenvalue weighted by Gasteiger charge is -2.36. The molecule has 1 fully saturated rings. The van der Waals surface area contributed by atoms with Crippen LogP contribution in [-0.2, 0) is 9.47 Å². The number of hydrogen-bond donors (Lipinski definition) is 0. The summed E-state index contributed by atoms with van der Waals surface area (Å²) in [7, 11) is 4.15. The van der Waals surface area contributed by atoms with Crippen LogP contribution in [0.15, 0.2) is 0 Å². The monoisotopic (exact) mass is 385 g/mol. The van der Waals surface area contributed by atoms with E-state index in [1.54, 1.807) is 14.2 Å². The van der Waals surface area contributed by atoms with Crippen molar-refractivity contribution in [2.45, 2.75) is 58.3 Å². The van der Waals surface area contributed by atoms with Crippen molar-refractivity contribution < 1.29 is 9.47 Å². The Labute approximate surface area is 165 Å². The van der Waals surface area contributed by atoms with Crippen LogP contribution in [0.25, 0.3) is 0 Å². The molecule has 0 aromatic heterocycles. The average molecular weight is 386 g/mol. The van der Waals surface area contributed by atoms with Crippen LogP contribution < -0.4 is 0 Å². The Kier molecular flexibility index (Phi) is 14.8. The lowest BCUT2D eigenvalue weighted by Crippen LogP contribution is -2.50. The molecule has 26 heavy (non-hydrogen) atoms. The van der Waals surface area contributed by atoms with Gasteiger partial charge in [0, 0.05) is 53.5 Å². The molecule has 0 bridgehead atoms. The maximum Gasteiger partial charge on any atom is 0.137 e. The van der Waals surface area contributed by atoms with E-state index in [4.69, 9.17) is 9.47 Å². The van der Waals surface area contributed by atoms with Crippen LogP contribution >= 0.6 is 0 Å². The molecular weight excluding hydrogens is 342 g/mol. The number of rotatable bonds is 16. The molecule has 5 nitrogen and oxygen atoms in total. The third-order valence-electron chi connectivity index (χ3n) is 5.26. The van der Waals surface area contributed by atoms with E-state index in [9.17, 15) is 0 Å². The molecule has 0 atom stereocenters. The molecule has 1 heterocycles. The van der Waals surface area contributed by atoms with Gasteiger partial charge in [-0.15, -0.1) is 0 Å². The molecule has 0 saturated carbocycles. The van der Waals surface area contributed by atoms with E-state index < -0.39 is 0 Å². The fraction of sp³-hybridized carbons (Fsp3) is 1.00. The van der Waals surface area contributed by atoms with Gasteiger partial charge in [0.15, 0.2) is 0 Å². The quantitative estimate of drug-likeness (QED) is 0.231. The van der Waals surface area contributed by atoms with Gasteiger partial charge in [0.05, 0.1) is 0 Å². The first-order valence-electron chi connectivity index (χ1n) is 10.7. The van der Waals surface area contributed by atoms with Crippen molar-refractivity contribution in [3.63, 3.8) is 0 Å². The minimum Gasteiger partial charge on any atom is -0.360 e. The van der Waals surface area contributed by atoms with E-state index in [1.807, 2.05) is 0 Å². The molecule has 1 saturated heterocycles. The Morgan fingerprint density at radius 3 is 1.85 bits per heavy atom. The second-order valence-electron chi connectivity index (χ2n) is 7.38. The van der Waals surface area contributed by atoms with Crippen molar-refractivity contribution in [2.75, 3.05) is 72.7 Å². The Morgan fingerprint density at radius 1 is 0.808 bits per heavy atom. The number of piperazine rings is 1.